The molecule has 1 aromatic rings. The molecule has 1 saturated carbocycles. The molecule has 0 spiro atoms. The Labute approximate surface area is 83.4 Å². The molecule has 1 fully saturated rings. The largest absolute Gasteiger partial charge is 0.309 e. The van der Waals surface area contributed by atoms with Crippen LogP contribution in [0.5, 0.6) is 0 Å². The van der Waals surface area contributed by atoms with Crippen LogP contribution >= 0.6 is 11.3 Å². The zero-order chi connectivity index (χ0) is 9.26. The summed E-state index contributed by atoms with van der Waals surface area (Å²) < 4.78 is 0. The second-order valence-corrected chi connectivity index (χ2v) is 4.84. The summed E-state index contributed by atoms with van der Waals surface area (Å²) in [7, 11) is 0. The van der Waals surface area contributed by atoms with Gasteiger partial charge in [0, 0.05) is 17.5 Å². The maximum Gasteiger partial charge on any atom is 0.0798 e. The topological polar surface area (TPSA) is 24.9 Å². The predicted molar refractivity (Wildman–Crippen MR) is 55.9 cm³/mol. The zero-order valence-corrected chi connectivity index (χ0v) is 9.03. The molecule has 3 heteroatoms. The second kappa shape index (κ2) is 3.76. The fourth-order valence-electron chi connectivity index (χ4n) is 1.69. The average molecular weight is 196 g/mol. The lowest BCUT2D eigenvalue weighted by Crippen LogP contribution is -2.41. The molecule has 1 aromatic heterocycles. The summed E-state index contributed by atoms with van der Waals surface area (Å²) in [6.07, 6.45) is 2.73. The minimum atomic E-state index is 0.751. The zero-order valence-electron chi connectivity index (χ0n) is 8.21. The molecule has 0 aromatic carbocycles. The summed E-state index contributed by atoms with van der Waals surface area (Å²) >= 11 is 1.75. The van der Waals surface area contributed by atoms with Crippen molar-refractivity contribution in [2.24, 2.45) is 5.92 Å². The van der Waals surface area contributed by atoms with Gasteiger partial charge in [-0.15, -0.1) is 11.3 Å². The van der Waals surface area contributed by atoms with Gasteiger partial charge in [0.1, 0.15) is 0 Å². The molecule has 0 saturated heterocycles. The Morgan fingerprint density at radius 2 is 2.46 bits per heavy atom. The minimum absolute atomic E-state index is 0.751. The molecule has 2 unspecified atom stereocenters. The van der Waals surface area contributed by atoms with Crippen molar-refractivity contribution in [1.82, 2.24) is 10.3 Å². The molecule has 2 rings (SSSR count). The second-order valence-electron chi connectivity index (χ2n) is 3.90. The third-order valence-electron chi connectivity index (χ3n) is 2.99. The van der Waals surface area contributed by atoms with Crippen molar-refractivity contribution in [2.45, 2.75) is 39.3 Å². The summed E-state index contributed by atoms with van der Waals surface area (Å²) in [6.45, 7) is 5.41. The highest BCUT2D eigenvalue weighted by atomic mass is 32.1. The van der Waals surface area contributed by atoms with Gasteiger partial charge in [-0.1, -0.05) is 6.92 Å². The Hall–Kier alpha value is -0.410. The van der Waals surface area contributed by atoms with E-state index in [1.807, 2.05) is 5.51 Å². The third-order valence-corrected chi connectivity index (χ3v) is 3.92. The van der Waals surface area contributed by atoms with Gasteiger partial charge >= 0.3 is 0 Å². The lowest BCUT2D eigenvalue weighted by atomic mass is 9.81. The van der Waals surface area contributed by atoms with Gasteiger partial charge < -0.3 is 5.32 Å². The maximum absolute atomic E-state index is 4.24. The fraction of sp³-hybridized carbons (Fsp3) is 0.700. The first-order valence-electron chi connectivity index (χ1n) is 4.89. The number of rotatable bonds is 3. The van der Waals surface area contributed by atoms with E-state index in [0.717, 1.165) is 18.5 Å². The van der Waals surface area contributed by atoms with Crippen LogP contribution in [-0.4, -0.2) is 11.0 Å². The Kier molecular flexibility index (Phi) is 2.65. The Balaban J connectivity index is 1.83. The first-order valence-corrected chi connectivity index (χ1v) is 5.77. The lowest BCUT2D eigenvalue weighted by molar-refractivity contribution is 0.229. The highest BCUT2D eigenvalue weighted by molar-refractivity contribution is 7.09. The monoisotopic (exact) mass is 196 g/mol. The number of nitrogens with one attached hydrogen (secondary N) is 1. The van der Waals surface area contributed by atoms with Crippen LogP contribution in [0.2, 0.25) is 0 Å². The Bertz CT molecular complexity index is 282. The van der Waals surface area contributed by atoms with E-state index in [0.29, 0.717) is 0 Å². The minimum Gasteiger partial charge on any atom is -0.309 e. The van der Waals surface area contributed by atoms with E-state index in [-0.39, 0.29) is 0 Å². The van der Waals surface area contributed by atoms with Crippen molar-refractivity contribution < 1.29 is 0 Å². The first-order chi connectivity index (χ1) is 6.27. The van der Waals surface area contributed by atoms with Crippen LogP contribution in [0.4, 0.5) is 0 Å². The SMILES string of the molecule is Cc1ncsc1CNC1CCC1C. The number of hydrogen-bond donors (Lipinski definition) is 1. The summed E-state index contributed by atoms with van der Waals surface area (Å²) in [5.74, 6) is 0.869. The van der Waals surface area contributed by atoms with Crippen LogP contribution in [0, 0.1) is 12.8 Å². The number of aromatic nitrogens is 1. The van der Waals surface area contributed by atoms with Crippen LogP contribution in [0.1, 0.15) is 30.3 Å². The lowest BCUT2D eigenvalue weighted by Gasteiger charge is -2.34. The smallest absolute Gasteiger partial charge is 0.0798 e. The summed E-state index contributed by atoms with van der Waals surface area (Å²) in [5.41, 5.74) is 3.11. The highest BCUT2D eigenvalue weighted by Gasteiger charge is 2.25. The Morgan fingerprint density at radius 3 is 2.92 bits per heavy atom. The normalized spacial score (nSPS) is 27.2. The quantitative estimate of drug-likeness (QED) is 0.802. The average Bonchev–Trinajstić information content (AvgIpc) is 2.50. The standard InChI is InChI=1S/C10H16N2S/c1-7-3-4-9(7)11-5-10-8(2)12-6-13-10/h6-7,9,11H,3-5H2,1-2H3. The van der Waals surface area contributed by atoms with Gasteiger partial charge in [0.05, 0.1) is 11.2 Å². The number of nitrogens with zero attached hydrogens (tertiary/aromatic N) is 1. The maximum atomic E-state index is 4.24. The molecule has 1 N–H and O–H groups in total. The van der Waals surface area contributed by atoms with Crippen molar-refractivity contribution in [3.8, 4) is 0 Å². The van der Waals surface area contributed by atoms with E-state index in [2.05, 4.69) is 24.1 Å². The predicted octanol–water partition coefficient (Wildman–Crippen LogP) is 2.34. The highest BCUT2D eigenvalue weighted by Crippen LogP contribution is 2.27. The molecular weight excluding hydrogens is 180 g/mol. The van der Waals surface area contributed by atoms with Crippen LogP contribution in [-0.2, 0) is 6.54 Å². The van der Waals surface area contributed by atoms with Crippen LogP contribution in [0.3, 0.4) is 0 Å². The molecule has 72 valence electrons. The van der Waals surface area contributed by atoms with Gasteiger partial charge in [-0.2, -0.15) is 0 Å². The summed E-state index contributed by atoms with van der Waals surface area (Å²) in [4.78, 5) is 5.62. The molecule has 0 amide bonds. The third kappa shape index (κ3) is 1.92. The fourth-order valence-corrected chi connectivity index (χ4v) is 2.42. The van der Waals surface area contributed by atoms with Gasteiger partial charge in [0.25, 0.3) is 0 Å². The molecule has 2 atom stereocenters. The van der Waals surface area contributed by atoms with Crippen molar-refractivity contribution in [1.29, 1.82) is 0 Å². The van der Waals surface area contributed by atoms with Crippen molar-refractivity contribution in [2.75, 3.05) is 0 Å². The molecule has 0 aliphatic heterocycles. The van der Waals surface area contributed by atoms with Crippen LogP contribution < -0.4 is 5.32 Å². The molecule has 0 bridgehead atoms. The number of thiazole rings is 1. The van der Waals surface area contributed by atoms with Crippen molar-refractivity contribution in [3.05, 3.63) is 16.1 Å². The number of aryl methyl sites for hydroxylation is 1. The van der Waals surface area contributed by atoms with E-state index >= 15 is 0 Å². The van der Waals surface area contributed by atoms with E-state index in [1.54, 1.807) is 11.3 Å². The van der Waals surface area contributed by atoms with Crippen LogP contribution in [0.15, 0.2) is 5.51 Å². The van der Waals surface area contributed by atoms with Gasteiger partial charge in [-0.05, 0) is 25.7 Å². The first kappa shape index (κ1) is 9.16. The Morgan fingerprint density at radius 1 is 1.62 bits per heavy atom. The molecule has 1 heterocycles. The van der Waals surface area contributed by atoms with Gasteiger partial charge in [0.2, 0.25) is 0 Å². The van der Waals surface area contributed by atoms with Crippen LogP contribution in [0.25, 0.3) is 0 Å². The van der Waals surface area contributed by atoms with E-state index < -0.39 is 0 Å². The summed E-state index contributed by atoms with van der Waals surface area (Å²) in [6, 6.07) is 0.751. The van der Waals surface area contributed by atoms with Gasteiger partial charge in [-0.25, -0.2) is 4.98 Å². The molecule has 13 heavy (non-hydrogen) atoms. The van der Waals surface area contributed by atoms with E-state index in [9.17, 15) is 0 Å². The molecule has 1 aliphatic rings. The molecule has 2 nitrogen and oxygen atoms in total. The molecule has 1 aliphatic carbocycles. The summed E-state index contributed by atoms with van der Waals surface area (Å²) in [5, 5.41) is 3.58. The van der Waals surface area contributed by atoms with Crippen molar-refractivity contribution >= 4 is 11.3 Å². The van der Waals surface area contributed by atoms with Gasteiger partial charge in [0.15, 0.2) is 0 Å². The molecule has 0 radical (unpaired) electrons. The van der Waals surface area contributed by atoms with E-state index in [1.165, 1.54) is 23.4 Å². The number of hydrogen-bond acceptors (Lipinski definition) is 3. The van der Waals surface area contributed by atoms with E-state index in [4.69, 9.17) is 0 Å². The van der Waals surface area contributed by atoms with Gasteiger partial charge in [-0.3, -0.25) is 0 Å². The van der Waals surface area contributed by atoms with Crippen molar-refractivity contribution in [3.63, 3.8) is 0 Å². The molecular formula is C10H16N2S.